The second kappa shape index (κ2) is 4.20. The van der Waals surface area contributed by atoms with E-state index in [9.17, 15) is 0 Å². The molecule has 0 saturated heterocycles. The van der Waals surface area contributed by atoms with Crippen molar-refractivity contribution in [2.24, 2.45) is 5.10 Å². The van der Waals surface area contributed by atoms with Gasteiger partial charge >= 0.3 is 0 Å². The molecular weight excluding hydrogens is 248 g/mol. The molecule has 3 aromatic rings. The SMILES string of the molecule is CN1N=C(c2ccccc2)Cn2c1nc1ccccc12. The summed E-state index contributed by atoms with van der Waals surface area (Å²) in [4.78, 5) is 4.64. The van der Waals surface area contributed by atoms with Gasteiger partial charge in [-0.1, -0.05) is 42.5 Å². The summed E-state index contributed by atoms with van der Waals surface area (Å²) >= 11 is 0. The van der Waals surface area contributed by atoms with Gasteiger partial charge in [-0.05, 0) is 17.7 Å². The second-order valence-corrected chi connectivity index (χ2v) is 4.92. The fourth-order valence-electron chi connectivity index (χ4n) is 2.65. The highest BCUT2D eigenvalue weighted by Crippen LogP contribution is 2.26. The van der Waals surface area contributed by atoms with Crippen molar-refractivity contribution in [3.63, 3.8) is 0 Å². The number of fused-ring (bicyclic) bond motifs is 3. The number of imidazole rings is 1. The molecule has 0 atom stereocenters. The summed E-state index contributed by atoms with van der Waals surface area (Å²) in [6, 6.07) is 18.5. The van der Waals surface area contributed by atoms with Gasteiger partial charge in [0, 0.05) is 7.05 Å². The molecule has 4 nitrogen and oxygen atoms in total. The maximum absolute atomic E-state index is 4.66. The molecule has 0 radical (unpaired) electrons. The van der Waals surface area contributed by atoms with Crippen molar-refractivity contribution in [1.82, 2.24) is 9.55 Å². The highest BCUT2D eigenvalue weighted by atomic mass is 15.5. The Bertz CT molecular complexity index is 802. The van der Waals surface area contributed by atoms with Gasteiger partial charge in [-0.15, -0.1) is 0 Å². The zero-order valence-corrected chi connectivity index (χ0v) is 11.2. The van der Waals surface area contributed by atoms with Crippen LogP contribution in [0, 0.1) is 0 Å². The minimum Gasteiger partial charge on any atom is -0.303 e. The molecule has 1 aliphatic heterocycles. The van der Waals surface area contributed by atoms with Crippen LogP contribution in [0.25, 0.3) is 11.0 Å². The van der Waals surface area contributed by atoms with Crippen LogP contribution >= 0.6 is 0 Å². The number of aromatic nitrogens is 2. The molecule has 2 heterocycles. The Morgan fingerprint density at radius 2 is 1.70 bits per heavy atom. The Morgan fingerprint density at radius 3 is 2.55 bits per heavy atom. The highest BCUT2D eigenvalue weighted by molar-refractivity contribution is 6.02. The van der Waals surface area contributed by atoms with Crippen molar-refractivity contribution in [3.8, 4) is 0 Å². The van der Waals surface area contributed by atoms with Crippen LogP contribution < -0.4 is 5.01 Å². The van der Waals surface area contributed by atoms with Crippen LogP contribution in [0.4, 0.5) is 5.95 Å². The Labute approximate surface area is 117 Å². The normalized spacial score (nSPS) is 14.2. The first kappa shape index (κ1) is 11.2. The zero-order valence-electron chi connectivity index (χ0n) is 11.2. The molecular formula is C16H14N4. The number of nitrogens with zero attached hydrogens (tertiary/aromatic N) is 4. The molecule has 0 spiro atoms. The highest BCUT2D eigenvalue weighted by Gasteiger charge is 2.21. The van der Waals surface area contributed by atoms with Crippen LogP contribution in [-0.2, 0) is 6.54 Å². The van der Waals surface area contributed by atoms with Crippen LogP contribution in [0.5, 0.6) is 0 Å². The first-order valence-corrected chi connectivity index (χ1v) is 6.65. The lowest BCUT2D eigenvalue weighted by molar-refractivity contribution is 0.779. The largest absolute Gasteiger partial charge is 0.303 e. The molecule has 0 N–H and O–H groups in total. The molecule has 20 heavy (non-hydrogen) atoms. The molecule has 4 heteroatoms. The van der Waals surface area contributed by atoms with E-state index in [0.717, 1.165) is 34.8 Å². The van der Waals surface area contributed by atoms with Gasteiger partial charge in [0.1, 0.15) is 0 Å². The van der Waals surface area contributed by atoms with E-state index in [2.05, 4.69) is 32.9 Å². The summed E-state index contributed by atoms with van der Waals surface area (Å²) < 4.78 is 2.21. The number of hydrogen-bond donors (Lipinski definition) is 0. The number of hydrazone groups is 1. The summed E-state index contributed by atoms with van der Waals surface area (Å²) in [5.41, 5.74) is 4.38. The lowest BCUT2D eigenvalue weighted by Gasteiger charge is -2.23. The smallest absolute Gasteiger partial charge is 0.227 e. The lowest BCUT2D eigenvalue weighted by atomic mass is 10.1. The van der Waals surface area contributed by atoms with Crippen LogP contribution in [0.15, 0.2) is 59.7 Å². The number of para-hydroxylation sites is 2. The van der Waals surface area contributed by atoms with E-state index >= 15 is 0 Å². The first-order valence-electron chi connectivity index (χ1n) is 6.65. The third kappa shape index (κ3) is 1.61. The van der Waals surface area contributed by atoms with Crippen molar-refractivity contribution in [3.05, 3.63) is 60.2 Å². The number of rotatable bonds is 1. The fraction of sp³-hybridized carbons (Fsp3) is 0.125. The maximum atomic E-state index is 4.66. The van der Waals surface area contributed by atoms with Crippen LogP contribution in [0.2, 0.25) is 0 Å². The minimum absolute atomic E-state index is 0.754. The molecule has 0 bridgehead atoms. The van der Waals surface area contributed by atoms with Crippen molar-refractivity contribution in [1.29, 1.82) is 0 Å². The molecule has 1 aromatic heterocycles. The van der Waals surface area contributed by atoms with Crippen molar-refractivity contribution >= 4 is 22.7 Å². The maximum Gasteiger partial charge on any atom is 0.227 e. The molecule has 0 aliphatic carbocycles. The Hall–Kier alpha value is -2.62. The van der Waals surface area contributed by atoms with E-state index in [-0.39, 0.29) is 0 Å². The van der Waals surface area contributed by atoms with Gasteiger partial charge in [-0.25, -0.2) is 9.99 Å². The average Bonchev–Trinajstić information content (AvgIpc) is 2.88. The molecule has 0 amide bonds. The first-order chi connectivity index (χ1) is 9.83. The topological polar surface area (TPSA) is 33.4 Å². The predicted octanol–water partition coefficient (Wildman–Crippen LogP) is 2.89. The summed E-state index contributed by atoms with van der Waals surface area (Å²) in [6.07, 6.45) is 0. The number of benzene rings is 2. The monoisotopic (exact) mass is 262 g/mol. The summed E-state index contributed by atoms with van der Waals surface area (Å²) in [5.74, 6) is 0.894. The molecule has 2 aromatic carbocycles. The molecule has 0 unspecified atom stereocenters. The van der Waals surface area contributed by atoms with Crippen LogP contribution in [-0.4, -0.2) is 22.3 Å². The van der Waals surface area contributed by atoms with Gasteiger partial charge in [0.25, 0.3) is 0 Å². The average molecular weight is 262 g/mol. The van der Waals surface area contributed by atoms with Gasteiger partial charge in [0.2, 0.25) is 5.95 Å². The third-order valence-electron chi connectivity index (χ3n) is 3.61. The minimum atomic E-state index is 0.754. The summed E-state index contributed by atoms with van der Waals surface area (Å²) in [5, 5.41) is 6.51. The lowest BCUT2D eigenvalue weighted by Crippen LogP contribution is -2.27. The Balaban J connectivity index is 1.86. The zero-order chi connectivity index (χ0) is 13.5. The summed E-state index contributed by atoms with van der Waals surface area (Å²) in [6.45, 7) is 0.754. The second-order valence-electron chi connectivity index (χ2n) is 4.92. The van der Waals surface area contributed by atoms with E-state index in [0.29, 0.717) is 0 Å². The Morgan fingerprint density at radius 1 is 0.950 bits per heavy atom. The van der Waals surface area contributed by atoms with Gasteiger partial charge in [0.05, 0.1) is 23.3 Å². The summed E-state index contributed by atoms with van der Waals surface area (Å²) in [7, 11) is 1.94. The number of hydrogen-bond acceptors (Lipinski definition) is 3. The van der Waals surface area contributed by atoms with Crippen molar-refractivity contribution < 1.29 is 0 Å². The van der Waals surface area contributed by atoms with E-state index < -0.39 is 0 Å². The fourth-order valence-corrected chi connectivity index (χ4v) is 2.65. The molecule has 0 saturated carbocycles. The van der Waals surface area contributed by atoms with E-state index in [1.807, 2.05) is 48.5 Å². The number of anilines is 1. The molecule has 4 rings (SSSR count). The molecule has 1 aliphatic rings. The van der Waals surface area contributed by atoms with Gasteiger partial charge in [-0.2, -0.15) is 5.10 Å². The molecule has 0 fully saturated rings. The van der Waals surface area contributed by atoms with Gasteiger partial charge in [0.15, 0.2) is 0 Å². The van der Waals surface area contributed by atoms with Crippen LogP contribution in [0.3, 0.4) is 0 Å². The standard InChI is InChI=1S/C16H14N4/c1-19-16-17-13-9-5-6-10-15(13)20(16)11-14(18-19)12-7-3-2-4-8-12/h2-10H,11H2,1H3. The van der Waals surface area contributed by atoms with Gasteiger partial charge in [-0.3, -0.25) is 0 Å². The van der Waals surface area contributed by atoms with E-state index in [1.165, 1.54) is 0 Å². The van der Waals surface area contributed by atoms with Crippen LogP contribution in [0.1, 0.15) is 5.56 Å². The third-order valence-corrected chi connectivity index (χ3v) is 3.61. The Kier molecular flexibility index (Phi) is 2.36. The van der Waals surface area contributed by atoms with E-state index in [1.54, 1.807) is 0 Å². The quantitative estimate of drug-likeness (QED) is 0.675. The van der Waals surface area contributed by atoms with Crippen molar-refractivity contribution in [2.45, 2.75) is 6.54 Å². The molecule has 98 valence electrons. The van der Waals surface area contributed by atoms with Crippen molar-refractivity contribution in [2.75, 3.05) is 12.1 Å². The predicted molar refractivity (Wildman–Crippen MR) is 81.1 cm³/mol. The van der Waals surface area contributed by atoms with Gasteiger partial charge < -0.3 is 4.57 Å². The van der Waals surface area contributed by atoms with E-state index in [4.69, 9.17) is 0 Å².